The highest BCUT2D eigenvalue weighted by molar-refractivity contribution is 6.35. The Hall–Kier alpha value is -1.59. The van der Waals surface area contributed by atoms with Crippen LogP contribution in [0.5, 0.6) is 0 Å². The molecule has 0 radical (unpaired) electrons. The number of ether oxygens (including phenoxy) is 1. The molecule has 6 heteroatoms. The minimum atomic E-state index is -0.106. The molecule has 1 aliphatic heterocycles. The van der Waals surface area contributed by atoms with Crippen LogP contribution in [0.25, 0.3) is 0 Å². The van der Waals surface area contributed by atoms with Crippen molar-refractivity contribution in [3.63, 3.8) is 0 Å². The van der Waals surface area contributed by atoms with E-state index in [1.165, 1.54) is 5.56 Å². The summed E-state index contributed by atoms with van der Waals surface area (Å²) in [4.78, 5) is 14.6. The molecular weight excluding hydrogens is 359 g/mol. The molecule has 0 aromatic heterocycles. The molecule has 4 nitrogen and oxygen atoms in total. The van der Waals surface area contributed by atoms with Gasteiger partial charge >= 0.3 is 0 Å². The lowest BCUT2D eigenvalue weighted by Crippen LogP contribution is -2.35. The molecule has 0 aliphatic carbocycles. The standard InChI is InChI=1S/C19H20Cl2N2O2/c20-16-4-3-15(18(21)12-16)11-19(24)22-17-5-1-14(2-6-17)13-23-7-9-25-10-8-23/h1-6,12H,7-11,13H2,(H,22,24). The SMILES string of the molecule is O=C(Cc1ccc(Cl)cc1Cl)Nc1ccc(CN2CCOCC2)cc1. The van der Waals surface area contributed by atoms with Crippen molar-refractivity contribution in [2.24, 2.45) is 0 Å². The smallest absolute Gasteiger partial charge is 0.228 e. The molecular formula is C19H20Cl2N2O2. The number of nitrogens with one attached hydrogen (secondary N) is 1. The van der Waals surface area contributed by atoms with Crippen molar-refractivity contribution in [2.45, 2.75) is 13.0 Å². The molecule has 0 atom stereocenters. The number of nitrogens with zero attached hydrogens (tertiary/aromatic N) is 1. The quantitative estimate of drug-likeness (QED) is 0.854. The first-order chi connectivity index (χ1) is 12.1. The van der Waals surface area contributed by atoms with Crippen LogP contribution in [0, 0.1) is 0 Å². The summed E-state index contributed by atoms with van der Waals surface area (Å²) in [7, 11) is 0. The average Bonchev–Trinajstić information content (AvgIpc) is 2.60. The zero-order valence-electron chi connectivity index (χ0n) is 13.8. The minimum absolute atomic E-state index is 0.106. The number of amides is 1. The molecule has 1 heterocycles. The summed E-state index contributed by atoms with van der Waals surface area (Å²) >= 11 is 12.0. The molecule has 0 bridgehead atoms. The topological polar surface area (TPSA) is 41.6 Å². The van der Waals surface area contributed by atoms with Crippen LogP contribution in [0.3, 0.4) is 0 Å². The van der Waals surface area contributed by atoms with Crippen molar-refractivity contribution < 1.29 is 9.53 Å². The number of carbonyl (C=O) groups excluding carboxylic acids is 1. The lowest BCUT2D eigenvalue weighted by Gasteiger charge is -2.26. The molecule has 25 heavy (non-hydrogen) atoms. The van der Waals surface area contributed by atoms with Gasteiger partial charge in [-0.3, -0.25) is 9.69 Å². The zero-order valence-corrected chi connectivity index (χ0v) is 15.3. The molecule has 1 saturated heterocycles. The average molecular weight is 379 g/mol. The third-order valence-corrected chi connectivity index (χ3v) is 4.70. The second kappa shape index (κ2) is 8.68. The van der Waals surface area contributed by atoms with Gasteiger partial charge in [-0.25, -0.2) is 0 Å². The first-order valence-electron chi connectivity index (χ1n) is 8.23. The zero-order chi connectivity index (χ0) is 17.6. The predicted octanol–water partition coefficient (Wildman–Crippen LogP) is 4.01. The summed E-state index contributed by atoms with van der Waals surface area (Å²) in [6, 6.07) is 13.1. The van der Waals surface area contributed by atoms with Crippen molar-refractivity contribution >= 4 is 34.8 Å². The van der Waals surface area contributed by atoms with Gasteiger partial charge in [0.1, 0.15) is 0 Å². The highest BCUT2D eigenvalue weighted by Gasteiger charge is 2.11. The fourth-order valence-electron chi connectivity index (χ4n) is 2.75. The lowest BCUT2D eigenvalue weighted by atomic mass is 10.1. The fourth-order valence-corrected chi connectivity index (χ4v) is 3.23. The van der Waals surface area contributed by atoms with E-state index in [0.29, 0.717) is 10.0 Å². The van der Waals surface area contributed by atoms with Crippen molar-refractivity contribution in [3.05, 3.63) is 63.6 Å². The maximum absolute atomic E-state index is 12.2. The van der Waals surface area contributed by atoms with Gasteiger partial charge in [0.05, 0.1) is 19.6 Å². The van der Waals surface area contributed by atoms with Crippen LogP contribution < -0.4 is 5.32 Å². The Labute approximate surface area is 157 Å². The van der Waals surface area contributed by atoms with E-state index in [1.807, 2.05) is 24.3 Å². The van der Waals surface area contributed by atoms with E-state index >= 15 is 0 Å². The Kier molecular flexibility index (Phi) is 6.32. The largest absolute Gasteiger partial charge is 0.379 e. The molecule has 0 saturated carbocycles. The summed E-state index contributed by atoms with van der Waals surface area (Å²) in [6.45, 7) is 4.40. The van der Waals surface area contributed by atoms with E-state index < -0.39 is 0 Å². The molecule has 3 rings (SSSR count). The summed E-state index contributed by atoms with van der Waals surface area (Å²) in [5.74, 6) is -0.106. The molecule has 2 aromatic carbocycles. The third-order valence-electron chi connectivity index (χ3n) is 4.11. The van der Waals surface area contributed by atoms with Crippen LogP contribution in [-0.2, 0) is 22.5 Å². The number of halogens is 2. The maximum Gasteiger partial charge on any atom is 0.228 e. The summed E-state index contributed by atoms with van der Waals surface area (Å²) in [5.41, 5.74) is 2.76. The third kappa shape index (κ3) is 5.44. The number of benzene rings is 2. The van der Waals surface area contributed by atoms with Crippen LogP contribution in [0.2, 0.25) is 10.0 Å². The van der Waals surface area contributed by atoms with E-state index in [1.54, 1.807) is 18.2 Å². The highest BCUT2D eigenvalue weighted by atomic mass is 35.5. The number of morpholine rings is 1. The van der Waals surface area contributed by atoms with Gasteiger partial charge in [0.15, 0.2) is 0 Å². The van der Waals surface area contributed by atoms with Gasteiger partial charge in [-0.2, -0.15) is 0 Å². The second-order valence-electron chi connectivity index (χ2n) is 6.05. The molecule has 1 amide bonds. The number of rotatable bonds is 5. The second-order valence-corrected chi connectivity index (χ2v) is 6.89. The van der Waals surface area contributed by atoms with Gasteiger partial charge < -0.3 is 10.1 Å². The van der Waals surface area contributed by atoms with Gasteiger partial charge in [-0.05, 0) is 35.4 Å². The Bertz CT molecular complexity index is 729. The van der Waals surface area contributed by atoms with Crippen LogP contribution in [-0.4, -0.2) is 37.1 Å². The van der Waals surface area contributed by atoms with Gasteiger partial charge in [-0.15, -0.1) is 0 Å². The first kappa shape index (κ1) is 18.2. The summed E-state index contributed by atoms with van der Waals surface area (Å²) < 4.78 is 5.36. The van der Waals surface area contributed by atoms with Crippen molar-refractivity contribution in [3.8, 4) is 0 Å². The minimum Gasteiger partial charge on any atom is -0.379 e. The van der Waals surface area contributed by atoms with E-state index in [0.717, 1.165) is 44.1 Å². The Morgan fingerprint density at radius 3 is 2.48 bits per heavy atom. The Morgan fingerprint density at radius 2 is 1.80 bits per heavy atom. The molecule has 2 aromatic rings. The molecule has 0 unspecified atom stereocenters. The van der Waals surface area contributed by atoms with E-state index in [2.05, 4.69) is 10.2 Å². The monoisotopic (exact) mass is 378 g/mol. The van der Waals surface area contributed by atoms with E-state index in [4.69, 9.17) is 27.9 Å². The Balaban J connectivity index is 1.54. The molecule has 1 fully saturated rings. The molecule has 132 valence electrons. The van der Waals surface area contributed by atoms with Crippen LogP contribution in [0.1, 0.15) is 11.1 Å². The number of anilines is 1. The van der Waals surface area contributed by atoms with Crippen LogP contribution in [0.4, 0.5) is 5.69 Å². The summed E-state index contributed by atoms with van der Waals surface area (Å²) in [6.07, 6.45) is 0.214. The van der Waals surface area contributed by atoms with Crippen LogP contribution >= 0.6 is 23.2 Å². The van der Waals surface area contributed by atoms with E-state index in [-0.39, 0.29) is 12.3 Å². The first-order valence-corrected chi connectivity index (χ1v) is 8.98. The molecule has 0 spiro atoms. The van der Waals surface area contributed by atoms with Crippen molar-refractivity contribution in [2.75, 3.05) is 31.6 Å². The predicted molar refractivity (Wildman–Crippen MR) is 101 cm³/mol. The van der Waals surface area contributed by atoms with Gasteiger partial charge in [0, 0.05) is 35.4 Å². The normalized spacial score (nSPS) is 15.1. The lowest BCUT2D eigenvalue weighted by molar-refractivity contribution is -0.115. The number of hydrogen-bond donors (Lipinski definition) is 1. The molecule has 1 aliphatic rings. The van der Waals surface area contributed by atoms with Gasteiger partial charge in [-0.1, -0.05) is 41.4 Å². The van der Waals surface area contributed by atoms with Crippen molar-refractivity contribution in [1.82, 2.24) is 4.90 Å². The summed E-state index contributed by atoms with van der Waals surface area (Å²) in [5, 5.41) is 3.96. The number of carbonyl (C=O) groups is 1. The highest BCUT2D eigenvalue weighted by Crippen LogP contribution is 2.22. The van der Waals surface area contributed by atoms with Gasteiger partial charge in [0.2, 0.25) is 5.91 Å². The Morgan fingerprint density at radius 1 is 1.08 bits per heavy atom. The van der Waals surface area contributed by atoms with Crippen LogP contribution in [0.15, 0.2) is 42.5 Å². The van der Waals surface area contributed by atoms with Gasteiger partial charge in [0.25, 0.3) is 0 Å². The molecule has 1 N–H and O–H groups in total. The number of hydrogen-bond acceptors (Lipinski definition) is 3. The maximum atomic E-state index is 12.2. The fraction of sp³-hybridized carbons (Fsp3) is 0.316. The van der Waals surface area contributed by atoms with E-state index in [9.17, 15) is 4.79 Å². The van der Waals surface area contributed by atoms with Crippen molar-refractivity contribution in [1.29, 1.82) is 0 Å².